The average molecular weight is 1210 g/mol. The Balaban J connectivity index is 2.56. The monoisotopic (exact) mass is 1210 g/mol. The van der Waals surface area contributed by atoms with Crippen LogP contribution in [0.5, 0.6) is 0 Å². The highest BCUT2D eigenvalue weighted by Gasteiger charge is 2.47. The molecule has 11 nitrogen and oxygen atoms in total. The summed E-state index contributed by atoms with van der Waals surface area (Å²) in [5.41, 5.74) is 0. The predicted molar refractivity (Wildman–Crippen MR) is 361 cm³/mol. The van der Waals surface area contributed by atoms with E-state index in [9.17, 15) is 35.1 Å². The number of allylic oxidation sites excluding steroid dienone is 11. The van der Waals surface area contributed by atoms with Crippen LogP contribution < -0.4 is 5.32 Å². The van der Waals surface area contributed by atoms with E-state index < -0.39 is 67.4 Å². The Labute approximate surface area is 528 Å². The van der Waals surface area contributed by atoms with Crippen LogP contribution in [0, 0.1) is 0 Å². The molecule has 6 N–H and O–H groups in total. The van der Waals surface area contributed by atoms with E-state index in [-0.39, 0.29) is 13.0 Å². The maximum atomic E-state index is 13.5. The SMILES string of the molecule is CC/C=C\C/C=C\C/C=C\C/C=C\C/C=C\CCCCCCCCCCCC(=O)OC1C(OCC(NC(=O)C(O)CCCCCCCCCCCCCCCCCCCCCC)C(O)/C=C/CCCCCCCCCCCC)OC(CO)C(O)C1O. The molecule has 1 fully saturated rings. The van der Waals surface area contributed by atoms with Crippen molar-refractivity contribution in [2.75, 3.05) is 13.2 Å². The van der Waals surface area contributed by atoms with Crippen LogP contribution in [-0.2, 0) is 23.8 Å². The Hall–Kier alpha value is -2.90. The number of hydrogen-bond donors (Lipinski definition) is 6. The summed E-state index contributed by atoms with van der Waals surface area (Å²) in [5.74, 6) is -1.19. The van der Waals surface area contributed by atoms with Gasteiger partial charge < -0.3 is 45.1 Å². The van der Waals surface area contributed by atoms with Crippen molar-refractivity contribution in [2.24, 2.45) is 0 Å². The Morgan fingerprint density at radius 1 is 0.465 bits per heavy atom. The van der Waals surface area contributed by atoms with E-state index >= 15 is 0 Å². The van der Waals surface area contributed by atoms with Gasteiger partial charge in [-0.2, -0.15) is 0 Å². The highest BCUT2D eigenvalue weighted by molar-refractivity contribution is 5.80. The third-order valence-electron chi connectivity index (χ3n) is 16.9. The van der Waals surface area contributed by atoms with Gasteiger partial charge in [0.25, 0.3) is 0 Å². The maximum Gasteiger partial charge on any atom is 0.306 e. The minimum Gasteiger partial charge on any atom is -0.454 e. The molecule has 0 spiro atoms. The molecular formula is C75H135NO10. The molecule has 1 saturated heterocycles. The van der Waals surface area contributed by atoms with Gasteiger partial charge in [0.2, 0.25) is 5.91 Å². The van der Waals surface area contributed by atoms with Gasteiger partial charge in [-0.15, -0.1) is 0 Å². The van der Waals surface area contributed by atoms with Crippen LogP contribution in [0.25, 0.3) is 0 Å². The second-order valence-electron chi connectivity index (χ2n) is 24.9. The van der Waals surface area contributed by atoms with Gasteiger partial charge in [-0.3, -0.25) is 9.59 Å². The minimum atomic E-state index is -1.62. The first-order valence-corrected chi connectivity index (χ1v) is 36.2. The molecule has 11 heteroatoms. The molecule has 0 saturated carbocycles. The smallest absolute Gasteiger partial charge is 0.306 e. The molecule has 1 heterocycles. The van der Waals surface area contributed by atoms with Gasteiger partial charge in [0.05, 0.1) is 25.4 Å². The number of esters is 1. The van der Waals surface area contributed by atoms with Crippen molar-refractivity contribution in [3.63, 3.8) is 0 Å². The quantitative estimate of drug-likeness (QED) is 0.0195. The van der Waals surface area contributed by atoms with Gasteiger partial charge >= 0.3 is 5.97 Å². The third kappa shape index (κ3) is 49.0. The topological polar surface area (TPSA) is 175 Å². The molecule has 1 aliphatic heterocycles. The third-order valence-corrected chi connectivity index (χ3v) is 16.9. The zero-order chi connectivity index (χ0) is 62.4. The lowest BCUT2D eigenvalue weighted by Gasteiger charge is -2.41. The predicted octanol–water partition coefficient (Wildman–Crippen LogP) is 18.7. The number of carbonyl (C=O) groups is 2. The lowest BCUT2D eigenvalue weighted by atomic mass is 9.99. The molecule has 0 aromatic rings. The molecule has 500 valence electrons. The van der Waals surface area contributed by atoms with Crippen LogP contribution in [0.1, 0.15) is 329 Å². The average Bonchev–Trinajstić information content (AvgIpc) is 3.39. The number of aliphatic hydroxyl groups is 5. The Morgan fingerprint density at radius 3 is 1.26 bits per heavy atom. The summed E-state index contributed by atoms with van der Waals surface area (Å²) in [6, 6.07) is -1.03. The van der Waals surface area contributed by atoms with Crippen molar-refractivity contribution in [3.8, 4) is 0 Å². The van der Waals surface area contributed by atoms with Crippen LogP contribution in [-0.4, -0.2) is 99.6 Å². The number of carbonyl (C=O) groups excluding carboxylic acids is 2. The summed E-state index contributed by atoms with van der Waals surface area (Å²) >= 11 is 0. The number of unbranched alkanes of at least 4 members (excludes halogenated alkanes) is 38. The maximum absolute atomic E-state index is 13.5. The fourth-order valence-electron chi connectivity index (χ4n) is 11.2. The molecule has 86 heavy (non-hydrogen) atoms. The van der Waals surface area contributed by atoms with Crippen molar-refractivity contribution in [1.29, 1.82) is 0 Å². The normalized spacial score (nSPS) is 18.7. The van der Waals surface area contributed by atoms with Gasteiger partial charge in [-0.1, -0.05) is 325 Å². The van der Waals surface area contributed by atoms with E-state index in [4.69, 9.17) is 14.2 Å². The molecule has 0 aromatic carbocycles. The number of ether oxygens (including phenoxy) is 3. The summed E-state index contributed by atoms with van der Waals surface area (Å²) < 4.78 is 17.7. The fourth-order valence-corrected chi connectivity index (χ4v) is 11.2. The molecule has 1 aliphatic rings. The van der Waals surface area contributed by atoms with E-state index in [0.29, 0.717) is 19.3 Å². The van der Waals surface area contributed by atoms with Crippen molar-refractivity contribution >= 4 is 11.9 Å². The van der Waals surface area contributed by atoms with Crippen LogP contribution in [0.3, 0.4) is 0 Å². The molecule has 0 aliphatic carbocycles. The van der Waals surface area contributed by atoms with Gasteiger partial charge in [-0.25, -0.2) is 0 Å². The standard InChI is InChI=1S/C75H135NO10/c1-4-7-10-13-16-19-22-25-27-29-31-33-34-35-36-37-39-41-43-45-48-51-54-57-60-63-70(80)86-73-72(82)71(81)69(64-77)85-75(73)84-65-66(67(78)61-58-55-52-49-46-24-21-18-15-12-9-6-3)76-74(83)68(79)62-59-56-53-50-47-44-42-40-38-32-30-28-26-23-20-17-14-11-8-5-2/h7,10,16,19,25,27,31,33,35-36,58,61,66-69,71-73,75,77-79,81-82H,4-6,8-9,11-15,17-18,20-24,26,28-30,32,34,37-57,59-60,62-65H2,1-3H3,(H,76,83)/b10-7-,19-16-,27-25-,33-31-,36-35-,61-58+. The van der Waals surface area contributed by atoms with Crippen molar-refractivity contribution < 1.29 is 49.3 Å². The van der Waals surface area contributed by atoms with Gasteiger partial charge in [0.1, 0.15) is 24.4 Å². The van der Waals surface area contributed by atoms with Crippen molar-refractivity contribution in [3.05, 3.63) is 72.9 Å². The van der Waals surface area contributed by atoms with Gasteiger partial charge in [0, 0.05) is 6.42 Å². The largest absolute Gasteiger partial charge is 0.454 e. The van der Waals surface area contributed by atoms with Crippen molar-refractivity contribution in [2.45, 2.75) is 378 Å². The first-order valence-electron chi connectivity index (χ1n) is 36.2. The Bertz CT molecular complexity index is 1680. The second kappa shape index (κ2) is 62.3. The number of amides is 1. The number of rotatable bonds is 62. The number of hydrogen-bond acceptors (Lipinski definition) is 10. The van der Waals surface area contributed by atoms with Crippen molar-refractivity contribution in [1.82, 2.24) is 5.32 Å². The first kappa shape index (κ1) is 81.1. The van der Waals surface area contributed by atoms with E-state index in [1.165, 1.54) is 180 Å². The van der Waals surface area contributed by atoms with Crippen LogP contribution in [0.15, 0.2) is 72.9 Å². The highest BCUT2D eigenvalue weighted by atomic mass is 16.7. The van der Waals surface area contributed by atoms with Crippen LogP contribution >= 0.6 is 0 Å². The molecular weight excluding hydrogens is 1070 g/mol. The molecule has 1 amide bonds. The van der Waals surface area contributed by atoms with Crippen LogP contribution in [0.4, 0.5) is 0 Å². The molecule has 0 radical (unpaired) electrons. The number of aliphatic hydroxyl groups excluding tert-OH is 5. The lowest BCUT2D eigenvalue weighted by Crippen LogP contribution is -2.61. The van der Waals surface area contributed by atoms with Gasteiger partial charge in [-0.05, 0) is 70.6 Å². The van der Waals surface area contributed by atoms with Crippen LogP contribution in [0.2, 0.25) is 0 Å². The Kier molecular flexibility index (Phi) is 58.8. The second-order valence-corrected chi connectivity index (χ2v) is 24.9. The molecule has 8 atom stereocenters. The van der Waals surface area contributed by atoms with E-state index in [1.807, 2.05) is 6.08 Å². The van der Waals surface area contributed by atoms with Gasteiger partial charge in [0.15, 0.2) is 12.4 Å². The first-order chi connectivity index (χ1) is 42.2. The highest BCUT2D eigenvalue weighted by Crippen LogP contribution is 2.26. The summed E-state index contributed by atoms with van der Waals surface area (Å²) in [4.78, 5) is 26.7. The van der Waals surface area contributed by atoms with E-state index in [0.717, 1.165) is 103 Å². The molecule has 0 aromatic heterocycles. The summed E-state index contributed by atoms with van der Waals surface area (Å²) in [6.45, 7) is 5.72. The molecule has 0 bridgehead atoms. The summed E-state index contributed by atoms with van der Waals surface area (Å²) in [6.07, 6.45) is 70.8. The fraction of sp³-hybridized carbons (Fsp3) is 0.813. The minimum absolute atomic E-state index is 0.115. The zero-order valence-electron chi connectivity index (χ0n) is 55.7. The summed E-state index contributed by atoms with van der Waals surface area (Å²) in [5, 5.41) is 57.3. The number of nitrogens with one attached hydrogen (secondary N) is 1. The lowest BCUT2D eigenvalue weighted by molar-refractivity contribution is -0.305. The molecule has 1 rings (SSSR count). The molecule has 8 unspecified atom stereocenters. The summed E-state index contributed by atoms with van der Waals surface area (Å²) in [7, 11) is 0. The Morgan fingerprint density at radius 2 is 0.837 bits per heavy atom. The van der Waals surface area contributed by atoms with E-state index in [1.54, 1.807) is 6.08 Å². The zero-order valence-corrected chi connectivity index (χ0v) is 55.7. The van der Waals surface area contributed by atoms with E-state index in [2.05, 4.69) is 86.8 Å².